The van der Waals surface area contributed by atoms with Gasteiger partial charge in [0.25, 0.3) is 0 Å². The largest absolute Gasteiger partial charge is 0.393 e. The number of rotatable bonds is 3. The van der Waals surface area contributed by atoms with Crippen molar-refractivity contribution in [2.75, 3.05) is 13.7 Å². The van der Waals surface area contributed by atoms with E-state index in [4.69, 9.17) is 4.74 Å². The van der Waals surface area contributed by atoms with Crippen LogP contribution in [-0.4, -0.2) is 36.9 Å². The van der Waals surface area contributed by atoms with E-state index in [0.717, 1.165) is 19.3 Å². The molecule has 0 aromatic rings. The van der Waals surface area contributed by atoms with E-state index >= 15 is 0 Å². The lowest BCUT2D eigenvalue weighted by molar-refractivity contribution is -0.125. The van der Waals surface area contributed by atoms with Crippen LogP contribution < -0.4 is 5.32 Å². The van der Waals surface area contributed by atoms with Crippen molar-refractivity contribution in [3.8, 4) is 0 Å². The minimum atomic E-state index is -0.249. The first-order valence-corrected chi connectivity index (χ1v) is 4.68. The Morgan fingerprint density at radius 1 is 1.62 bits per heavy atom. The van der Waals surface area contributed by atoms with Gasteiger partial charge >= 0.3 is 0 Å². The van der Waals surface area contributed by atoms with Crippen molar-refractivity contribution in [2.24, 2.45) is 0 Å². The van der Waals surface area contributed by atoms with Crippen LogP contribution in [0.5, 0.6) is 0 Å². The highest BCUT2D eigenvalue weighted by molar-refractivity contribution is 5.77. The van der Waals surface area contributed by atoms with Crippen LogP contribution in [0.3, 0.4) is 0 Å². The molecular formula is C9H17NO3. The smallest absolute Gasteiger partial charge is 0.246 e. The van der Waals surface area contributed by atoms with Crippen molar-refractivity contribution in [2.45, 2.75) is 37.8 Å². The molecule has 2 unspecified atom stereocenters. The fourth-order valence-electron chi connectivity index (χ4n) is 1.70. The van der Waals surface area contributed by atoms with Crippen molar-refractivity contribution < 1.29 is 14.6 Å². The maximum absolute atomic E-state index is 11.1. The van der Waals surface area contributed by atoms with Gasteiger partial charge in [0.2, 0.25) is 5.91 Å². The monoisotopic (exact) mass is 187 g/mol. The molecule has 1 amide bonds. The molecule has 0 bridgehead atoms. The molecule has 1 fully saturated rings. The van der Waals surface area contributed by atoms with Crippen molar-refractivity contribution in [1.29, 1.82) is 0 Å². The zero-order valence-corrected chi connectivity index (χ0v) is 7.95. The molecule has 0 aromatic carbocycles. The van der Waals surface area contributed by atoms with Gasteiger partial charge in [-0.1, -0.05) is 0 Å². The third-order valence-electron chi connectivity index (χ3n) is 2.29. The number of carbonyl (C=O) groups excluding carboxylic acids is 1. The molecular weight excluding hydrogens is 170 g/mol. The zero-order valence-electron chi connectivity index (χ0n) is 7.95. The normalized spacial score (nSPS) is 28.5. The van der Waals surface area contributed by atoms with Crippen LogP contribution in [0.15, 0.2) is 0 Å². The SMILES string of the molecule is COCC(=O)NC1CCCC(O)C1. The molecule has 2 N–H and O–H groups in total. The predicted molar refractivity (Wildman–Crippen MR) is 48.3 cm³/mol. The van der Waals surface area contributed by atoms with E-state index in [9.17, 15) is 9.90 Å². The zero-order chi connectivity index (χ0) is 9.68. The highest BCUT2D eigenvalue weighted by Crippen LogP contribution is 2.17. The molecule has 0 radical (unpaired) electrons. The molecule has 1 saturated carbocycles. The van der Waals surface area contributed by atoms with Crippen LogP contribution in [0.4, 0.5) is 0 Å². The molecule has 0 aromatic heterocycles. The van der Waals surface area contributed by atoms with E-state index in [2.05, 4.69) is 5.32 Å². The summed E-state index contributed by atoms with van der Waals surface area (Å²) in [5.41, 5.74) is 0. The van der Waals surface area contributed by atoms with Crippen LogP contribution in [0.2, 0.25) is 0 Å². The fourth-order valence-corrected chi connectivity index (χ4v) is 1.70. The molecule has 2 atom stereocenters. The Morgan fingerprint density at radius 3 is 3.00 bits per heavy atom. The Labute approximate surface area is 78.3 Å². The summed E-state index contributed by atoms with van der Waals surface area (Å²) in [6, 6.07) is 0.131. The van der Waals surface area contributed by atoms with Gasteiger partial charge in [-0.15, -0.1) is 0 Å². The Balaban J connectivity index is 2.23. The Morgan fingerprint density at radius 2 is 2.38 bits per heavy atom. The van der Waals surface area contributed by atoms with E-state index in [-0.39, 0.29) is 24.7 Å². The number of carbonyl (C=O) groups is 1. The van der Waals surface area contributed by atoms with Gasteiger partial charge in [0.05, 0.1) is 6.10 Å². The molecule has 0 aliphatic heterocycles. The van der Waals surface area contributed by atoms with Gasteiger partial charge < -0.3 is 15.2 Å². The quantitative estimate of drug-likeness (QED) is 0.656. The van der Waals surface area contributed by atoms with Gasteiger partial charge in [-0.05, 0) is 25.7 Å². The molecule has 1 rings (SSSR count). The number of aliphatic hydroxyl groups excluding tert-OH is 1. The van der Waals surface area contributed by atoms with Crippen LogP contribution in [0, 0.1) is 0 Å². The number of nitrogens with one attached hydrogen (secondary N) is 1. The van der Waals surface area contributed by atoms with Crippen LogP contribution in [0.25, 0.3) is 0 Å². The van der Waals surface area contributed by atoms with Gasteiger partial charge in [-0.3, -0.25) is 4.79 Å². The molecule has 4 heteroatoms. The molecule has 1 aliphatic carbocycles. The second-order valence-corrected chi connectivity index (χ2v) is 3.52. The van der Waals surface area contributed by atoms with Crippen LogP contribution in [0.1, 0.15) is 25.7 Å². The van der Waals surface area contributed by atoms with Gasteiger partial charge in [-0.25, -0.2) is 0 Å². The van der Waals surface area contributed by atoms with Gasteiger partial charge in [0.15, 0.2) is 0 Å². The molecule has 76 valence electrons. The summed E-state index contributed by atoms with van der Waals surface area (Å²) in [4.78, 5) is 11.1. The van der Waals surface area contributed by atoms with Crippen molar-refractivity contribution in [3.05, 3.63) is 0 Å². The molecule has 13 heavy (non-hydrogen) atoms. The lowest BCUT2D eigenvalue weighted by Gasteiger charge is -2.26. The first-order valence-electron chi connectivity index (χ1n) is 4.68. The lowest BCUT2D eigenvalue weighted by atomic mass is 9.93. The average Bonchev–Trinajstić information content (AvgIpc) is 2.04. The summed E-state index contributed by atoms with van der Waals surface area (Å²) in [5, 5.41) is 12.2. The maximum atomic E-state index is 11.1. The Hall–Kier alpha value is -0.610. The van der Waals surface area contributed by atoms with Crippen molar-refractivity contribution >= 4 is 5.91 Å². The van der Waals surface area contributed by atoms with Crippen molar-refractivity contribution in [1.82, 2.24) is 5.32 Å². The van der Waals surface area contributed by atoms with E-state index in [1.54, 1.807) is 0 Å². The number of methoxy groups -OCH3 is 1. The standard InChI is InChI=1S/C9H17NO3/c1-13-6-9(12)10-7-3-2-4-8(11)5-7/h7-8,11H,2-6H2,1H3,(H,10,12). The molecule has 4 nitrogen and oxygen atoms in total. The topological polar surface area (TPSA) is 58.6 Å². The van der Waals surface area contributed by atoms with Crippen LogP contribution in [-0.2, 0) is 9.53 Å². The van der Waals surface area contributed by atoms with E-state index < -0.39 is 0 Å². The first-order chi connectivity index (χ1) is 6.22. The number of amides is 1. The summed E-state index contributed by atoms with van der Waals surface area (Å²) in [6.07, 6.45) is 3.24. The summed E-state index contributed by atoms with van der Waals surface area (Å²) < 4.78 is 4.70. The van der Waals surface area contributed by atoms with Crippen LogP contribution >= 0.6 is 0 Å². The average molecular weight is 187 g/mol. The van der Waals surface area contributed by atoms with Crippen molar-refractivity contribution in [3.63, 3.8) is 0 Å². The Bertz CT molecular complexity index is 172. The number of hydrogen-bond donors (Lipinski definition) is 2. The molecule has 1 aliphatic rings. The first kappa shape index (κ1) is 10.5. The fraction of sp³-hybridized carbons (Fsp3) is 0.889. The number of hydrogen-bond acceptors (Lipinski definition) is 3. The second-order valence-electron chi connectivity index (χ2n) is 3.52. The summed E-state index contributed by atoms with van der Waals surface area (Å²) in [6.45, 7) is 0.104. The summed E-state index contributed by atoms with van der Waals surface area (Å²) in [5.74, 6) is -0.0957. The number of ether oxygens (including phenoxy) is 1. The molecule has 0 saturated heterocycles. The van der Waals surface area contributed by atoms with Gasteiger partial charge in [0.1, 0.15) is 6.61 Å². The predicted octanol–water partition coefficient (Wildman–Crippen LogP) is 0.0525. The minimum Gasteiger partial charge on any atom is -0.393 e. The van der Waals surface area contributed by atoms with E-state index in [0.29, 0.717) is 6.42 Å². The van der Waals surface area contributed by atoms with Gasteiger partial charge in [-0.2, -0.15) is 0 Å². The second kappa shape index (κ2) is 5.19. The van der Waals surface area contributed by atoms with E-state index in [1.165, 1.54) is 7.11 Å². The third-order valence-corrected chi connectivity index (χ3v) is 2.29. The highest BCUT2D eigenvalue weighted by Gasteiger charge is 2.21. The molecule has 0 spiro atoms. The maximum Gasteiger partial charge on any atom is 0.246 e. The Kier molecular flexibility index (Phi) is 4.18. The number of aliphatic hydroxyl groups is 1. The van der Waals surface area contributed by atoms with E-state index in [1.807, 2.05) is 0 Å². The minimum absolute atomic E-state index is 0.0957. The lowest BCUT2D eigenvalue weighted by Crippen LogP contribution is -2.41. The third kappa shape index (κ3) is 3.74. The highest BCUT2D eigenvalue weighted by atomic mass is 16.5. The summed E-state index contributed by atoms with van der Waals surface area (Å²) >= 11 is 0. The summed E-state index contributed by atoms with van der Waals surface area (Å²) in [7, 11) is 1.50. The molecule has 0 heterocycles. The van der Waals surface area contributed by atoms with Gasteiger partial charge in [0, 0.05) is 13.2 Å².